The lowest BCUT2D eigenvalue weighted by Gasteiger charge is -2.36. The Bertz CT molecular complexity index is 671. The van der Waals surface area contributed by atoms with E-state index < -0.39 is 21.6 Å². The maximum atomic E-state index is 12.2. The van der Waals surface area contributed by atoms with E-state index in [4.69, 9.17) is 5.11 Å². The Balaban J connectivity index is 1.81. The molecule has 2 fully saturated rings. The van der Waals surface area contributed by atoms with E-state index in [-0.39, 0.29) is 23.2 Å². The largest absolute Gasteiger partial charge is 0.477 e. The number of carboxylic acid groups (broad SMARTS) is 1. The van der Waals surface area contributed by atoms with Gasteiger partial charge in [-0.1, -0.05) is 0 Å². The van der Waals surface area contributed by atoms with Crippen LogP contribution in [0.1, 0.15) is 48.6 Å². The molecule has 2 saturated carbocycles. The molecule has 1 aromatic heterocycles. The molecule has 0 aliphatic heterocycles. The molecule has 7 nitrogen and oxygen atoms in total. The van der Waals surface area contributed by atoms with Crippen molar-refractivity contribution in [2.24, 2.45) is 0 Å². The van der Waals surface area contributed by atoms with Crippen molar-refractivity contribution in [1.82, 2.24) is 9.29 Å². The van der Waals surface area contributed by atoms with E-state index >= 15 is 0 Å². The van der Waals surface area contributed by atoms with E-state index in [0.717, 1.165) is 19.3 Å². The molecule has 3 rings (SSSR count). The summed E-state index contributed by atoms with van der Waals surface area (Å²) < 4.78 is 28.3. The van der Waals surface area contributed by atoms with Crippen LogP contribution in [0.15, 0.2) is 17.2 Å². The Labute approximate surface area is 122 Å². The molecule has 0 atom stereocenters. The maximum absolute atomic E-state index is 12.2. The first-order valence-corrected chi connectivity index (χ1v) is 8.46. The predicted octanol–water partition coefficient (Wildman–Crippen LogP) is 0.714. The molecule has 21 heavy (non-hydrogen) atoms. The van der Waals surface area contributed by atoms with Crippen LogP contribution in [-0.2, 0) is 10.0 Å². The molecule has 8 heteroatoms. The highest BCUT2D eigenvalue weighted by atomic mass is 32.2. The van der Waals surface area contributed by atoms with Gasteiger partial charge in [0.15, 0.2) is 0 Å². The summed E-state index contributed by atoms with van der Waals surface area (Å²) in [5.41, 5.74) is -0.970. The topological polar surface area (TPSA) is 109 Å². The average Bonchev–Trinajstić information content (AvgIpc) is 3.12. The Morgan fingerprint density at radius 1 is 1.43 bits per heavy atom. The van der Waals surface area contributed by atoms with Gasteiger partial charge in [-0.05, 0) is 38.2 Å². The zero-order chi connectivity index (χ0) is 15.3. The van der Waals surface area contributed by atoms with Crippen molar-refractivity contribution in [3.05, 3.63) is 18.0 Å². The number of sulfonamides is 1. The third-order valence-corrected chi connectivity index (χ3v) is 5.54. The number of aromatic carboxylic acids is 1. The fourth-order valence-electron chi connectivity index (χ4n) is 2.50. The van der Waals surface area contributed by atoms with Gasteiger partial charge >= 0.3 is 5.97 Å². The van der Waals surface area contributed by atoms with E-state index in [1.165, 1.54) is 16.8 Å². The van der Waals surface area contributed by atoms with Gasteiger partial charge in [0.25, 0.3) is 0 Å². The summed E-state index contributed by atoms with van der Waals surface area (Å²) in [5.74, 6) is -1.14. The van der Waals surface area contributed by atoms with Crippen molar-refractivity contribution in [3.8, 4) is 0 Å². The third-order valence-electron chi connectivity index (χ3n) is 4.17. The maximum Gasteiger partial charge on any atom is 0.352 e. The number of carboxylic acids is 1. The Kier molecular flexibility index (Phi) is 3.34. The predicted molar refractivity (Wildman–Crippen MR) is 73.7 cm³/mol. The van der Waals surface area contributed by atoms with Crippen LogP contribution in [0.25, 0.3) is 0 Å². The molecule has 2 aliphatic carbocycles. The van der Waals surface area contributed by atoms with Crippen molar-refractivity contribution in [2.45, 2.75) is 48.6 Å². The van der Waals surface area contributed by atoms with Gasteiger partial charge in [0.05, 0.1) is 5.60 Å². The fraction of sp³-hybridized carbons (Fsp3) is 0.615. The second kappa shape index (κ2) is 4.82. The fourth-order valence-corrected chi connectivity index (χ4v) is 3.65. The van der Waals surface area contributed by atoms with Crippen LogP contribution in [0, 0.1) is 0 Å². The number of aliphatic hydroxyl groups is 1. The van der Waals surface area contributed by atoms with Crippen LogP contribution in [0.2, 0.25) is 0 Å². The van der Waals surface area contributed by atoms with Crippen LogP contribution in [-0.4, -0.2) is 41.3 Å². The lowest BCUT2D eigenvalue weighted by molar-refractivity contribution is -0.0270. The quantitative estimate of drug-likeness (QED) is 0.717. The van der Waals surface area contributed by atoms with Crippen molar-refractivity contribution in [2.75, 3.05) is 6.54 Å². The molecule has 2 aliphatic rings. The van der Waals surface area contributed by atoms with Gasteiger partial charge in [-0.15, -0.1) is 0 Å². The number of aromatic nitrogens is 1. The smallest absolute Gasteiger partial charge is 0.352 e. The first-order chi connectivity index (χ1) is 9.81. The van der Waals surface area contributed by atoms with E-state index in [0.29, 0.717) is 12.8 Å². The lowest BCUT2D eigenvalue weighted by atomic mass is 9.81. The molecule has 0 radical (unpaired) electrons. The summed E-state index contributed by atoms with van der Waals surface area (Å²) in [7, 11) is -3.80. The summed E-state index contributed by atoms with van der Waals surface area (Å²) in [5, 5.41) is 19.1. The van der Waals surface area contributed by atoms with Gasteiger partial charge in [0, 0.05) is 18.8 Å². The van der Waals surface area contributed by atoms with Gasteiger partial charge in [-0.3, -0.25) is 0 Å². The van der Waals surface area contributed by atoms with Crippen molar-refractivity contribution < 1.29 is 23.4 Å². The summed E-state index contributed by atoms with van der Waals surface area (Å²) in [6.45, 7) is -0.0354. The molecule has 0 amide bonds. The summed E-state index contributed by atoms with van der Waals surface area (Å²) >= 11 is 0. The van der Waals surface area contributed by atoms with Gasteiger partial charge in [0.1, 0.15) is 10.6 Å². The monoisotopic (exact) mass is 314 g/mol. The highest BCUT2D eigenvalue weighted by Crippen LogP contribution is 2.37. The number of carbonyl (C=O) groups is 1. The van der Waals surface area contributed by atoms with Gasteiger partial charge in [-0.25, -0.2) is 17.9 Å². The highest BCUT2D eigenvalue weighted by molar-refractivity contribution is 7.89. The van der Waals surface area contributed by atoms with Crippen molar-refractivity contribution in [1.29, 1.82) is 0 Å². The van der Waals surface area contributed by atoms with E-state index in [2.05, 4.69) is 4.72 Å². The zero-order valence-corrected chi connectivity index (χ0v) is 12.3. The Hall–Kier alpha value is -1.38. The summed E-state index contributed by atoms with van der Waals surface area (Å²) in [6.07, 6.45) is 5.15. The SMILES string of the molecule is O=C(O)c1cc(S(=O)(=O)NCC2(O)CCC2)cn1C1CC1. The van der Waals surface area contributed by atoms with Crippen molar-refractivity contribution in [3.63, 3.8) is 0 Å². The standard InChI is InChI=1S/C13H18N2O5S/c16-12(17)11-6-10(7-15(11)9-2-3-9)21(19,20)14-8-13(18)4-1-5-13/h6-7,9,14,18H,1-5,8H2,(H,16,17). The molecule has 0 bridgehead atoms. The minimum absolute atomic E-state index is 0.0137. The summed E-state index contributed by atoms with van der Waals surface area (Å²) in [4.78, 5) is 11.1. The minimum Gasteiger partial charge on any atom is -0.477 e. The summed E-state index contributed by atoms with van der Waals surface area (Å²) in [6, 6.07) is 1.25. The minimum atomic E-state index is -3.80. The van der Waals surface area contributed by atoms with Crippen LogP contribution in [0.4, 0.5) is 0 Å². The van der Waals surface area contributed by atoms with Crippen LogP contribution in [0.3, 0.4) is 0 Å². The normalized spacial score (nSPS) is 21.0. The second-order valence-electron chi connectivity index (χ2n) is 5.91. The number of nitrogens with one attached hydrogen (secondary N) is 1. The number of hydrogen-bond donors (Lipinski definition) is 3. The number of rotatable bonds is 6. The van der Waals surface area contributed by atoms with Gasteiger partial charge < -0.3 is 14.8 Å². The number of nitrogens with zero attached hydrogens (tertiary/aromatic N) is 1. The molecular weight excluding hydrogens is 296 g/mol. The number of hydrogen-bond acceptors (Lipinski definition) is 4. The molecule has 0 unspecified atom stereocenters. The molecule has 3 N–H and O–H groups in total. The van der Waals surface area contributed by atoms with E-state index in [1.807, 2.05) is 0 Å². The molecule has 1 aromatic rings. The van der Waals surface area contributed by atoms with Gasteiger partial charge in [-0.2, -0.15) is 0 Å². The van der Waals surface area contributed by atoms with Crippen LogP contribution >= 0.6 is 0 Å². The highest BCUT2D eigenvalue weighted by Gasteiger charge is 2.36. The molecule has 1 heterocycles. The van der Waals surface area contributed by atoms with E-state index in [9.17, 15) is 18.3 Å². The van der Waals surface area contributed by atoms with Crippen molar-refractivity contribution >= 4 is 16.0 Å². The zero-order valence-electron chi connectivity index (χ0n) is 11.4. The Morgan fingerprint density at radius 3 is 2.57 bits per heavy atom. The van der Waals surface area contributed by atoms with Crippen LogP contribution < -0.4 is 4.72 Å². The molecule has 116 valence electrons. The van der Waals surface area contributed by atoms with Gasteiger partial charge in [0.2, 0.25) is 10.0 Å². The molecule has 0 spiro atoms. The third kappa shape index (κ3) is 2.83. The lowest BCUT2D eigenvalue weighted by Crippen LogP contribution is -2.47. The molecule has 0 saturated heterocycles. The molecule has 0 aromatic carbocycles. The first-order valence-electron chi connectivity index (χ1n) is 6.98. The first kappa shape index (κ1) is 14.6. The second-order valence-corrected chi connectivity index (χ2v) is 7.67. The Morgan fingerprint density at radius 2 is 2.10 bits per heavy atom. The van der Waals surface area contributed by atoms with E-state index in [1.54, 1.807) is 0 Å². The van der Waals surface area contributed by atoms with Crippen LogP contribution in [0.5, 0.6) is 0 Å². The average molecular weight is 314 g/mol. The molecular formula is C13H18N2O5S.